The zero-order chi connectivity index (χ0) is 14.8. The maximum atomic E-state index is 5.75. The van der Waals surface area contributed by atoms with Crippen LogP contribution in [0.4, 0.5) is 0 Å². The van der Waals surface area contributed by atoms with Gasteiger partial charge in [0.25, 0.3) is 0 Å². The Kier molecular flexibility index (Phi) is 4.04. The Hall–Kier alpha value is -1.71. The average Bonchev–Trinajstić information content (AvgIpc) is 2.85. The third-order valence-corrected chi connectivity index (χ3v) is 4.85. The first-order chi connectivity index (χ1) is 10.1. The third kappa shape index (κ3) is 3.14. The van der Waals surface area contributed by atoms with Crippen molar-refractivity contribution in [1.82, 2.24) is 15.0 Å². The van der Waals surface area contributed by atoms with E-state index in [4.69, 9.17) is 4.74 Å². The minimum absolute atomic E-state index is 0.497. The number of hydrogen-bond acceptors (Lipinski definition) is 5. The van der Waals surface area contributed by atoms with E-state index >= 15 is 0 Å². The zero-order valence-electron chi connectivity index (χ0n) is 11.7. The van der Waals surface area contributed by atoms with Gasteiger partial charge in [-0.15, -0.1) is 0 Å². The Balaban J connectivity index is 1.96. The predicted molar refractivity (Wildman–Crippen MR) is 87.3 cm³/mol. The molecule has 1 aromatic carbocycles. The molecular formula is C15H14AsN3OS. The van der Waals surface area contributed by atoms with Crippen LogP contribution in [0.15, 0.2) is 36.1 Å². The number of aryl methyl sites for hydroxylation is 2. The van der Waals surface area contributed by atoms with Crippen molar-refractivity contribution < 1.29 is 4.74 Å². The molecule has 1 unspecified atom stereocenters. The molecule has 0 bridgehead atoms. The summed E-state index contributed by atoms with van der Waals surface area (Å²) in [6, 6.07) is 4.02. The van der Waals surface area contributed by atoms with Gasteiger partial charge < -0.3 is 0 Å². The monoisotopic (exact) mass is 359 g/mol. The van der Waals surface area contributed by atoms with Gasteiger partial charge in [-0.2, -0.15) is 0 Å². The Morgan fingerprint density at radius 1 is 1.14 bits per heavy atom. The van der Waals surface area contributed by atoms with Crippen LogP contribution >= 0.6 is 11.3 Å². The Bertz CT molecular complexity index is 751. The second kappa shape index (κ2) is 5.96. The number of rotatable bonds is 3. The fraction of sp³-hybridized carbons (Fsp3) is 0.133. The number of ether oxygens (including phenoxy) is 1. The molecule has 0 spiro atoms. The van der Waals surface area contributed by atoms with Gasteiger partial charge in [0.15, 0.2) is 0 Å². The van der Waals surface area contributed by atoms with E-state index in [2.05, 4.69) is 34.2 Å². The third-order valence-electron chi connectivity index (χ3n) is 3.05. The van der Waals surface area contributed by atoms with Crippen molar-refractivity contribution in [1.29, 1.82) is 0 Å². The molecule has 2 aromatic heterocycles. The van der Waals surface area contributed by atoms with Gasteiger partial charge >= 0.3 is 136 Å². The van der Waals surface area contributed by atoms with E-state index in [0.29, 0.717) is 5.88 Å². The number of aromatic nitrogens is 3. The van der Waals surface area contributed by atoms with E-state index in [0.717, 1.165) is 26.4 Å². The number of nitrogens with zero attached hydrogens (tertiary/aromatic N) is 3. The number of thiazole rings is 1. The van der Waals surface area contributed by atoms with Gasteiger partial charge in [-0.05, 0) is 0 Å². The van der Waals surface area contributed by atoms with E-state index in [9.17, 15) is 0 Å². The molecule has 0 saturated carbocycles. The fourth-order valence-corrected chi connectivity index (χ4v) is 3.52. The summed E-state index contributed by atoms with van der Waals surface area (Å²) in [7, 11) is 0. The molecule has 6 heteroatoms. The van der Waals surface area contributed by atoms with Gasteiger partial charge in [-0.1, -0.05) is 0 Å². The second-order valence-corrected chi connectivity index (χ2v) is 7.56. The summed E-state index contributed by atoms with van der Waals surface area (Å²) < 4.78 is 6.88. The van der Waals surface area contributed by atoms with Gasteiger partial charge in [0.2, 0.25) is 0 Å². The molecule has 2 heterocycles. The van der Waals surface area contributed by atoms with Crippen molar-refractivity contribution in [2.24, 2.45) is 0 Å². The number of benzene rings is 1. The first-order valence-corrected chi connectivity index (χ1v) is 8.49. The molecule has 3 aromatic rings. The quantitative estimate of drug-likeness (QED) is 0.673. The molecule has 0 aliphatic heterocycles. The summed E-state index contributed by atoms with van der Waals surface area (Å²) in [6.07, 6.45) is 4.84. The molecule has 21 heavy (non-hydrogen) atoms. The first kappa shape index (κ1) is 14.2. The molecule has 0 amide bonds. The first-order valence-electron chi connectivity index (χ1n) is 6.40. The molecule has 0 saturated heterocycles. The summed E-state index contributed by atoms with van der Waals surface area (Å²) in [6.45, 7) is 4.15. The molecule has 0 aliphatic carbocycles. The van der Waals surface area contributed by atoms with E-state index in [1.54, 1.807) is 46.8 Å². The van der Waals surface area contributed by atoms with Crippen molar-refractivity contribution in [3.63, 3.8) is 0 Å². The van der Waals surface area contributed by atoms with Crippen molar-refractivity contribution in [2.45, 2.75) is 13.8 Å². The van der Waals surface area contributed by atoms with Crippen molar-refractivity contribution in [3.05, 3.63) is 47.2 Å². The minimum atomic E-state index is 0.497. The normalized spacial score (nSPS) is 10.6. The topological polar surface area (TPSA) is 47.9 Å². The summed E-state index contributed by atoms with van der Waals surface area (Å²) in [5.41, 5.74) is 4.51. The van der Waals surface area contributed by atoms with E-state index < -0.39 is 0 Å². The van der Waals surface area contributed by atoms with Crippen molar-refractivity contribution in [3.8, 4) is 22.9 Å². The van der Waals surface area contributed by atoms with Crippen LogP contribution in [0.25, 0.3) is 11.3 Å². The number of hydrogen-bond donors (Lipinski definition) is 0. The zero-order valence-corrected chi connectivity index (χ0v) is 14.9. The molecule has 3 rings (SSSR count). The Morgan fingerprint density at radius 3 is 2.48 bits per heavy atom. The van der Waals surface area contributed by atoms with E-state index in [-0.39, 0.29) is 0 Å². The van der Waals surface area contributed by atoms with Crippen LogP contribution in [0.1, 0.15) is 11.1 Å². The van der Waals surface area contributed by atoms with Gasteiger partial charge in [0, 0.05) is 0 Å². The van der Waals surface area contributed by atoms with Gasteiger partial charge in [-0.25, -0.2) is 0 Å². The Labute approximate surface area is 135 Å². The molecule has 0 N–H and O–H groups in total. The van der Waals surface area contributed by atoms with Gasteiger partial charge in [0.1, 0.15) is 0 Å². The van der Waals surface area contributed by atoms with Crippen LogP contribution in [-0.4, -0.2) is 31.8 Å². The molecular weight excluding hydrogens is 345 g/mol. The fourth-order valence-electron chi connectivity index (χ4n) is 2.25. The van der Waals surface area contributed by atoms with Crippen LogP contribution in [-0.2, 0) is 0 Å². The molecule has 1 atom stereocenters. The Morgan fingerprint density at radius 2 is 1.90 bits per heavy atom. The maximum absolute atomic E-state index is 5.75. The van der Waals surface area contributed by atoms with Crippen LogP contribution < -0.4 is 8.53 Å². The van der Waals surface area contributed by atoms with E-state index in [1.807, 2.05) is 12.1 Å². The summed E-state index contributed by atoms with van der Waals surface area (Å²) in [5, 5.41) is 2.11. The average molecular weight is 359 g/mol. The van der Waals surface area contributed by atoms with Crippen LogP contribution in [0.5, 0.6) is 11.6 Å². The summed E-state index contributed by atoms with van der Waals surface area (Å²) in [5.74, 6) is 1.27. The molecule has 0 aliphatic rings. The van der Waals surface area contributed by atoms with Gasteiger partial charge in [0.05, 0.1) is 0 Å². The van der Waals surface area contributed by atoms with E-state index in [1.165, 1.54) is 5.56 Å². The SMILES string of the molecule is Cc1cc(Oc2cnccn2)cc(C)c1-c1csc([AsH2])n1. The summed E-state index contributed by atoms with van der Waals surface area (Å²) in [4.78, 5) is 12.7. The predicted octanol–water partition coefficient (Wildman–Crippen LogP) is 2.27. The molecule has 0 radical (unpaired) electrons. The molecule has 106 valence electrons. The van der Waals surface area contributed by atoms with Crippen LogP contribution in [0.2, 0.25) is 0 Å². The molecule has 4 nitrogen and oxygen atoms in total. The van der Waals surface area contributed by atoms with Crippen molar-refractivity contribution in [2.75, 3.05) is 0 Å². The molecule has 0 fully saturated rings. The van der Waals surface area contributed by atoms with Gasteiger partial charge in [-0.3, -0.25) is 0 Å². The second-order valence-electron chi connectivity index (χ2n) is 4.65. The van der Waals surface area contributed by atoms with Crippen LogP contribution in [0.3, 0.4) is 0 Å². The summed E-state index contributed by atoms with van der Waals surface area (Å²) >= 11 is 3.25. The van der Waals surface area contributed by atoms with Crippen molar-refractivity contribution >= 4 is 32.0 Å². The van der Waals surface area contributed by atoms with Crippen LogP contribution in [0, 0.1) is 13.8 Å². The standard InChI is InChI=1S/C15H14AsN3OS/c1-9-5-11(20-13-7-17-3-4-18-13)6-10(2)14(9)12-8-21-15(16)19-12/h3-8H,16H2,1-2H3.